The second kappa shape index (κ2) is 8.31. The molecular weight excluding hydrogens is 400 g/mol. The van der Waals surface area contributed by atoms with Crippen molar-refractivity contribution in [2.24, 2.45) is 11.8 Å². The Morgan fingerprint density at radius 2 is 1.16 bits per heavy atom. The fraction of sp³-hybridized carbons (Fsp3) is 0.143. The van der Waals surface area contributed by atoms with E-state index in [0.717, 1.165) is 21.9 Å². The number of aliphatic carboxylic acids is 1. The minimum atomic E-state index is -0.901. The molecule has 0 bridgehead atoms. The van der Waals surface area contributed by atoms with Gasteiger partial charge < -0.3 is 9.84 Å². The van der Waals surface area contributed by atoms with Crippen LogP contribution in [-0.4, -0.2) is 17.0 Å². The lowest BCUT2D eigenvalue weighted by molar-refractivity contribution is -0.158. The molecule has 1 fully saturated rings. The topological polar surface area (TPSA) is 63.6 Å². The molecule has 158 valence electrons. The Balaban J connectivity index is 1.55. The fourth-order valence-electron chi connectivity index (χ4n) is 4.99. The van der Waals surface area contributed by atoms with Crippen molar-refractivity contribution in [1.82, 2.24) is 0 Å². The number of hydrogen-bond donors (Lipinski definition) is 1. The predicted molar refractivity (Wildman–Crippen MR) is 123 cm³/mol. The summed E-state index contributed by atoms with van der Waals surface area (Å²) in [5.74, 6) is -3.03. The first-order valence-electron chi connectivity index (χ1n) is 10.7. The second-order valence-electron chi connectivity index (χ2n) is 8.16. The van der Waals surface area contributed by atoms with Gasteiger partial charge in [-0.05, 0) is 22.6 Å². The lowest BCUT2D eigenvalue weighted by Crippen LogP contribution is -2.52. The zero-order valence-electron chi connectivity index (χ0n) is 17.3. The van der Waals surface area contributed by atoms with Gasteiger partial charge in [0.25, 0.3) is 0 Å². The first-order chi connectivity index (χ1) is 15.6. The summed E-state index contributed by atoms with van der Waals surface area (Å²) in [6.45, 7) is 0. The van der Waals surface area contributed by atoms with Gasteiger partial charge in [-0.25, -0.2) is 0 Å². The number of carboxylic acid groups (broad SMARTS) is 1. The van der Waals surface area contributed by atoms with Crippen molar-refractivity contribution in [2.45, 2.75) is 11.8 Å². The summed E-state index contributed by atoms with van der Waals surface area (Å²) in [6, 6.07) is 32.2. The Morgan fingerprint density at radius 1 is 0.625 bits per heavy atom. The van der Waals surface area contributed by atoms with E-state index in [2.05, 4.69) is 0 Å². The third kappa shape index (κ3) is 3.44. The lowest BCUT2D eigenvalue weighted by atomic mass is 9.52. The monoisotopic (exact) mass is 422 g/mol. The molecule has 4 heteroatoms. The van der Waals surface area contributed by atoms with E-state index in [0.29, 0.717) is 5.75 Å². The van der Waals surface area contributed by atoms with Gasteiger partial charge in [0.1, 0.15) is 5.75 Å². The number of carbonyl (C=O) groups is 2. The van der Waals surface area contributed by atoms with Crippen LogP contribution in [0.15, 0.2) is 103 Å². The molecule has 1 aliphatic carbocycles. The molecule has 1 saturated carbocycles. The van der Waals surface area contributed by atoms with Crippen LogP contribution in [0.2, 0.25) is 0 Å². The normalized spacial score (nSPS) is 22.1. The molecule has 32 heavy (non-hydrogen) atoms. The van der Waals surface area contributed by atoms with Crippen molar-refractivity contribution in [1.29, 1.82) is 0 Å². The van der Waals surface area contributed by atoms with Gasteiger partial charge in [-0.15, -0.1) is 0 Å². The van der Waals surface area contributed by atoms with Crippen molar-refractivity contribution < 1.29 is 19.4 Å². The Hall–Kier alpha value is -3.92. The zero-order valence-corrected chi connectivity index (χ0v) is 17.3. The van der Waals surface area contributed by atoms with Crippen LogP contribution in [0, 0.1) is 11.8 Å². The maximum Gasteiger partial charge on any atom is 0.315 e. The number of fused-ring (bicyclic) bond motifs is 1. The molecule has 4 aromatic rings. The number of carboxylic acids is 1. The molecule has 1 N–H and O–H groups in total. The standard InChI is InChI=1S/C28H22O4/c29-27(30)25-23(19-11-3-1-4-12-19)26(24(25)20-13-5-2-6-14-20)28(31)32-22-17-9-15-18-10-7-8-16-21(18)22/h1-17,23-26H,(H,29,30)/t23-,24?,25?,26?/m1/s1. The maximum absolute atomic E-state index is 13.6. The largest absolute Gasteiger partial charge is 0.481 e. The summed E-state index contributed by atoms with van der Waals surface area (Å²) < 4.78 is 5.93. The summed E-state index contributed by atoms with van der Waals surface area (Å²) in [6.07, 6.45) is 0. The number of benzene rings is 4. The van der Waals surface area contributed by atoms with Crippen LogP contribution in [0.4, 0.5) is 0 Å². The molecule has 4 atom stereocenters. The second-order valence-corrected chi connectivity index (χ2v) is 8.16. The number of esters is 1. The van der Waals surface area contributed by atoms with Crippen LogP contribution in [0.25, 0.3) is 10.8 Å². The predicted octanol–water partition coefficient (Wildman–Crippen LogP) is 5.64. The molecular formula is C28H22O4. The summed E-state index contributed by atoms with van der Waals surface area (Å²) in [5, 5.41) is 11.9. The van der Waals surface area contributed by atoms with Crippen molar-refractivity contribution in [3.05, 3.63) is 114 Å². The summed E-state index contributed by atoms with van der Waals surface area (Å²) in [5.41, 5.74) is 1.68. The fourth-order valence-corrected chi connectivity index (χ4v) is 4.99. The van der Waals surface area contributed by atoms with E-state index in [1.54, 1.807) is 6.07 Å². The third-order valence-corrected chi connectivity index (χ3v) is 6.43. The molecule has 0 heterocycles. The minimum absolute atomic E-state index is 0.401. The molecule has 5 rings (SSSR count). The van der Waals surface area contributed by atoms with Crippen LogP contribution >= 0.6 is 0 Å². The highest BCUT2D eigenvalue weighted by Gasteiger charge is 2.59. The molecule has 0 radical (unpaired) electrons. The van der Waals surface area contributed by atoms with Crippen molar-refractivity contribution in [2.75, 3.05) is 0 Å². The molecule has 1 aliphatic rings. The highest BCUT2D eigenvalue weighted by Crippen LogP contribution is 2.58. The van der Waals surface area contributed by atoms with Crippen LogP contribution in [0.5, 0.6) is 5.75 Å². The van der Waals surface area contributed by atoms with Crippen LogP contribution in [0.3, 0.4) is 0 Å². The Bertz CT molecular complexity index is 1210. The Kier molecular flexibility index (Phi) is 5.20. The van der Waals surface area contributed by atoms with Gasteiger partial charge in [-0.1, -0.05) is 97.1 Å². The summed E-state index contributed by atoms with van der Waals surface area (Å²) in [4.78, 5) is 25.9. The first-order valence-corrected chi connectivity index (χ1v) is 10.7. The van der Waals surface area contributed by atoms with Gasteiger partial charge >= 0.3 is 11.9 Å². The van der Waals surface area contributed by atoms with E-state index in [1.165, 1.54) is 0 Å². The van der Waals surface area contributed by atoms with E-state index in [4.69, 9.17) is 4.74 Å². The molecule has 0 aliphatic heterocycles. The van der Waals surface area contributed by atoms with Crippen molar-refractivity contribution >= 4 is 22.7 Å². The number of ether oxygens (including phenoxy) is 1. The quantitative estimate of drug-likeness (QED) is 0.334. The number of rotatable bonds is 5. The SMILES string of the molecule is O=C(O)C1C(c2ccccc2)C(C(=O)Oc2cccc3ccccc23)[C@@H]1c1ccccc1. The highest BCUT2D eigenvalue weighted by atomic mass is 16.5. The molecule has 0 amide bonds. The van der Waals surface area contributed by atoms with E-state index >= 15 is 0 Å². The van der Waals surface area contributed by atoms with E-state index in [-0.39, 0.29) is 0 Å². The Morgan fingerprint density at radius 3 is 1.75 bits per heavy atom. The summed E-state index contributed by atoms with van der Waals surface area (Å²) >= 11 is 0. The zero-order chi connectivity index (χ0) is 22.1. The van der Waals surface area contributed by atoms with Gasteiger partial charge in [0.15, 0.2) is 0 Å². The van der Waals surface area contributed by atoms with Crippen LogP contribution < -0.4 is 4.74 Å². The van der Waals surface area contributed by atoms with E-state index in [9.17, 15) is 14.7 Å². The van der Waals surface area contributed by atoms with E-state index in [1.807, 2.05) is 97.1 Å². The average Bonchev–Trinajstić information content (AvgIpc) is 2.80. The molecule has 4 aromatic carbocycles. The van der Waals surface area contributed by atoms with Gasteiger partial charge in [0.2, 0.25) is 0 Å². The van der Waals surface area contributed by atoms with Gasteiger partial charge in [-0.2, -0.15) is 0 Å². The lowest BCUT2D eigenvalue weighted by Gasteiger charge is -2.49. The highest BCUT2D eigenvalue weighted by molar-refractivity contribution is 5.92. The maximum atomic E-state index is 13.6. The third-order valence-electron chi connectivity index (χ3n) is 6.43. The van der Waals surface area contributed by atoms with Crippen LogP contribution in [-0.2, 0) is 9.59 Å². The number of carbonyl (C=O) groups excluding carboxylic acids is 1. The minimum Gasteiger partial charge on any atom is -0.481 e. The molecule has 0 saturated heterocycles. The molecule has 3 unspecified atom stereocenters. The molecule has 0 spiro atoms. The smallest absolute Gasteiger partial charge is 0.315 e. The van der Waals surface area contributed by atoms with Crippen molar-refractivity contribution in [3.8, 4) is 5.75 Å². The first kappa shape index (κ1) is 20.0. The summed E-state index contributed by atoms with van der Waals surface area (Å²) in [7, 11) is 0. The Labute approximate surface area is 186 Å². The number of hydrogen-bond acceptors (Lipinski definition) is 3. The average molecular weight is 422 g/mol. The van der Waals surface area contributed by atoms with Gasteiger partial charge in [0.05, 0.1) is 11.8 Å². The molecule has 4 nitrogen and oxygen atoms in total. The van der Waals surface area contributed by atoms with Gasteiger partial charge in [-0.3, -0.25) is 9.59 Å². The van der Waals surface area contributed by atoms with Crippen molar-refractivity contribution in [3.63, 3.8) is 0 Å². The van der Waals surface area contributed by atoms with E-state index < -0.39 is 35.6 Å². The molecule has 0 aromatic heterocycles. The van der Waals surface area contributed by atoms with Crippen LogP contribution in [0.1, 0.15) is 23.0 Å². The van der Waals surface area contributed by atoms with Gasteiger partial charge in [0, 0.05) is 17.2 Å².